The highest BCUT2D eigenvalue weighted by molar-refractivity contribution is 5.07. The third-order valence-corrected chi connectivity index (χ3v) is 0.725. The summed E-state index contributed by atoms with van der Waals surface area (Å²) in [5.41, 5.74) is 0. The maximum atomic E-state index is 12.1. The van der Waals surface area contributed by atoms with E-state index in [1.54, 1.807) is 0 Å². The van der Waals surface area contributed by atoms with Gasteiger partial charge in [-0.3, -0.25) is 0 Å². The van der Waals surface area contributed by atoms with Crippen molar-refractivity contribution in [1.29, 1.82) is 0 Å². The molecule has 0 aromatic heterocycles. The molecule has 1 aliphatic rings. The van der Waals surface area contributed by atoms with Crippen molar-refractivity contribution >= 4 is 0 Å². The van der Waals surface area contributed by atoms with Gasteiger partial charge < -0.3 is 9.84 Å². The molecule has 0 radical (unpaired) electrons. The molecule has 0 saturated heterocycles. The molecule has 1 rings (SSSR count). The molecule has 1 atom stereocenters. The van der Waals surface area contributed by atoms with Crippen LogP contribution in [0.4, 0.5) is 4.39 Å². The number of rotatable bonds is 0. The van der Waals surface area contributed by atoms with Crippen molar-refractivity contribution in [2.75, 3.05) is 0 Å². The molecular weight excluding hydrogens is 111 g/mol. The van der Waals surface area contributed by atoms with E-state index in [0.717, 1.165) is 12.3 Å². The fraction of sp³-hybridized carbons (Fsp3) is 0.200. The van der Waals surface area contributed by atoms with Gasteiger partial charge in [0, 0.05) is 6.08 Å². The molecule has 0 spiro atoms. The zero-order valence-electron chi connectivity index (χ0n) is 4.04. The number of hydrogen-bond donors (Lipinski definition) is 1. The molecule has 1 unspecified atom stereocenters. The molecule has 2 nitrogen and oxygen atoms in total. The predicted molar refractivity (Wildman–Crippen MR) is 25.4 cm³/mol. The molecule has 0 saturated carbocycles. The Morgan fingerprint density at radius 2 is 2.25 bits per heavy atom. The van der Waals surface area contributed by atoms with Crippen LogP contribution < -0.4 is 0 Å². The van der Waals surface area contributed by atoms with Crippen LogP contribution in [0, 0.1) is 0 Å². The first kappa shape index (κ1) is 5.31. The fourth-order valence-electron chi connectivity index (χ4n) is 0.394. The second kappa shape index (κ2) is 1.59. The van der Waals surface area contributed by atoms with E-state index in [2.05, 4.69) is 4.74 Å². The highest BCUT2D eigenvalue weighted by Gasteiger charge is 2.22. The van der Waals surface area contributed by atoms with Gasteiger partial charge in [0.1, 0.15) is 0 Å². The average Bonchev–Trinajstić information content (AvgIpc) is 1.65. The van der Waals surface area contributed by atoms with Gasteiger partial charge >= 0.3 is 6.04 Å². The van der Waals surface area contributed by atoms with Gasteiger partial charge in [-0.05, 0) is 6.08 Å². The van der Waals surface area contributed by atoms with Crippen LogP contribution in [0.15, 0.2) is 24.5 Å². The Bertz CT molecular complexity index is 137. The summed E-state index contributed by atoms with van der Waals surface area (Å²) in [4.78, 5) is 0. The number of hydrogen-bond acceptors (Lipinski definition) is 2. The molecule has 1 heterocycles. The average molecular weight is 116 g/mol. The molecule has 0 aromatic rings. The van der Waals surface area contributed by atoms with E-state index in [1.807, 2.05) is 0 Å². The standard InChI is InChI=1S/C5H5FO2/c6-5(7)3-1-2-4-8-5/h1-4,7H. The van der Waals surface area contributed by atoms with Crippen molar-refractivity contribution in [3.63, 3.8) is 0 Å². The van der Waals surface area contributed by atoms with E-state index in [0.29, 0.717) is 0 Å². The van der Waals surface area contributed by atoms with Crippen LogP contribution in [0.25, 0.3) is 0 Å². The van der Waals surface area contributed by atoms with E-state index in [4.69, 9.17) is 5.11 Å². The lowest BCUT2D eigenvalue weighted by Gasteiger charge is -2.14. The van der Waals surface area contributed by atoms with Gasteiger partial charge in [-0.15, -0.1) is 0 Å². The minimum absolute atomic E-state index is 0.910. The Morgan fingerprint density at radius 3 is 2.50 bits per heavy atom. The predicted octanol–water partition coefficient (Wildman–Crippen LogP) is 0.702. The van der Waals surface area contributed by atoms with E-state index in [-0.39, 0.29) is 0 Å². The van der Waals surface area contributed by atoms with Crippen LogP contribution in [-0.4, -0.2) is 11.1 Å². The second-order valence-electron chi connectivity index (χ2n) is 1.41. The first-order valence-electron chi connectivity index (χ1n) is 2.14. The zero-order chi connectivity index (χ0) is 6.04. The third-order valence-electron chi connectivity index (χ3n) is 0.725. The van der Waals surface area contributed by atoms with Gasteiger partial charge in [-0.2, -0.15) is 4.39 Å². The highest BCUT2D eigenvalue weighted by atomic mass is 19.2. The molecule has 0 fully saturated rings. The maximum absolute atomic E-state index is 12.1. The highest BCUT2D eigenvalue weighted by Crippen LogP contribution is 2.13. The summed E-state index contributed by atoms with van der Waals surface area (Å²) < 4.78 is 16.2. The quantitative estimate of drug-likeness (QED) is 0.504. The number of ether oxygens (including phenoxy) is 1. The van der Waals surface area contributed by atoms with Crippen molar-refractivity contribution in [2.24, 2.45) is 0 Å². The van der Waals surface area contributed by atoms with Crippen LogP contribution in [0.1, 0.15) is 0 Å². The summed E-state index contributed by atoms with van der Waals surface area (Å²) in [5.74, 6) is 0. The lowest BCUT2D eigenvalue weighted by molar-refractivity contribution is -0.224. The Morgan fingerprint density at radius 1 is 1.50 bits per heavy atom. The minimum Gasteiger partial charge on any atom is -0.441 e. The summed E-state index contributed by atoms with van der Waals surface area (Å²) in [6.07, 6.45) is 4.84. The topological polar surface area (TPSA) is 29.5 Å². The number of halogens is 1. The molecule has 1 aliphatic heterocycles. The molecule has 44 valence electrons. The molecule has 3 heteroatoms. The smallest absolute Gasteiger partial charge is 0.382 e. The first-order chi connectivity index (χ1) is 3.71. The Kier molecular flexibility index (Phi) is 1.06. The molecule has 0 bridgehead atoms. The van der Waals surface area contributed by atoms with Crippen LogP contribution in [0.3, 0.4) is 0 Å². The third kappa shape index (κ3) is 1.07. The largest absolute Gasteiger partial charge is 0.441 e. The van der Waals surface area contributed by atoms with Crippen molar-refractivity contribution in [3.05, 3.63) is 24.5 Å². The number of alkyl halides is 1. The number of allylic oxidation sites excluding steroid dienone is 2. The van der Waals surface area contributed by atoms with E-state index in [1.165, 1.54) is 12.2 Å². The van der Waals surface area contributed by atoms with Crippen molar-refractivity contribution in [2.45, 2.75) is 6.04 Å². The van der Waals surface area contributed by atoms with Gasteiger partial charge in [0.2, 0.25) is 0 Å². The Balaban J connectivity index is 2.65. The van der Waals surface area contributed by atoms with E-state index < -0.39 is 6.04 Å². The van der Waals surface area contributed by atoms with Gasteiger partial charge in [-0.25, -0.2) is 0 Å². The SMILES string of the molecule is OC1(F)C=CC=CO1. The molecule has 0 amide bonds. The van der Waals surface area contributed by atoms with Crippen LogP contribution in [0.5, 0.6) is 0 Å². The van der Waals surface area contributed by atoms with Crippen molar-refractivity contribution in [3.8, 4) is 0 Å². The lowest BCUT2D eigenvalue weighted by Crippen LogP contribution is -2.21. The zero-order valence-corrected chi connectivity index (χ0v) is 4.04. The molecule has 8 heavy (non-hydrogen) atoms. The van der Waals surface area contributed by atoms with Crippen molar-refractivity contribution in [1.82, 2.24) is 0 Å². The fourth-order valence-corrected chi connectivity index (χ4v) is 0.394. The molecule has 0 aliphatic carbocycles. The van der Waals surface area contributed by atoms with Gasteiger partial charge in [0.05, 0.1) is 6.26 Å². The Labute approximate surface area is 45.9 Å². The van der Waals surface area contributed by atoms with E-state index in [9.17, 15) is 4.39 Å². The first-order valence-corrected chi connectivity index (χ1v) is 2.14. The van der Waals surface area contributed by atoms with Gasteiger partial charge in [0.15, 0.2) is 0 Å². The minimum atomic E-state index is -2.59. The number of aliphatic hydroxyl groups is 1. The summed E-state index contributed by atoms with van der Waals surface area (Å²) in [6.45, 7) is 0. The van der Waals surface area contributed by atoms with Crippen molar-refractivity contribution < 1.29 is 14.2 Å². The van der Waals surface area contributed by atoms with Gasteiger partial charge in [0.25, 0.3) is 0 Å². The van der Waals surface area contributed by atoms with Crippen LogP contribution in [-0.2, 0) is 4.74 Å². The maximum Gasteiger partial charge on any atom is 0.382 e. The molecular formula is C5H5FO2. The van der Waals surface area contributed by atoms with Crippen LogP contribution in [0.2, 0.25) is 0 Å². The molecule has 0 aromatic carbocycles. The summed E-state index contributed by atoms with van der Waals surface area (Å²) >= 11 is 0. The summed E-state index contributed by atoms with van der Waals surface area (Å²) in [7, 11) is 0. The molecule has 1 N–H and O–H groups in total. The summed E-state index contributed by atoms with van der Waals surface area (Å²) in [5, 5.41) is 8.35. The second-order valence-corrected chi connectivity index (χ2v) is 1.41. The lowest BCUT2D eigenvalue weighted by atomic mass is 10.4. The van der Waals surface area contributed by atoms with Gasteiger partial charge in [-0.1, -0.05) is 6.08 Å². The Hall–Kier alpha value is -0.830. The van der Waals surface area contributed by atoms with Crippen LogP contribution >= 0.6 is 0 Å². The normalized spacial score (nSPS) is 34.8. The summed E-state index contributed by atoms with van der Waals surface area (Å²) in [6, 6.07) is -2.59. The monoisotopic (exact) mass is 116 g/mol. The van der Waals surface area contributed by atoms with E-state index >= 15 is 0 Å².